The van der Waals surface area contributed by atoms with Gasteiger partial charge in [0.25, 0.3) is 0 Å². The summed E-state index contributed by atoms with van der Waals surface area (Å²) in [5.74, 6) is 0. The van der Waals surface area contributed by atoms with Crippen molar-refractivity contribution in [2.75, 3.05) is 13.7 Å². The minimum Gasteiger partial charge on any atom is -0.382 e. The van der Waals surface area contributed by atoms with Crippen molar-refractivity contribution in [2.45, 2.75) is 18.8 Å². The van der Waals surface area contributed by atoms with Gasteiger partial charge >= 0.3 is 0 Å². The highest BCUT2D eigenvalue weighted by atomic mass is 35.5. The summed E-state index contributed by atoms with van der Waals surface area (Å²) in [5, 5.41) is 7.63. The Morgan fingerprint density at radius 2 is 2.07 bits per heavy atom. The Bertz CT molecular complexity index is 234. The summed E-state index contributed by atoms with van der Waals surface area (Å²) in [6.45, 7) is 0.264. The molecule has 1 rings (SSSR count). The van der Waals surface area contributed by atoms with Crippen LogP contribution in [0.3, 0.4) is 0 Å². The zero-order valence-corrected chi connectivity index (χ0v) is 8.65. The van der Waals surface area contributed by atoms with Crippen molar-refractivity contribution in [3.8, 4) is 0 Å². The summed E-state index contributed by atoms with van der Waals surface area (Å²) in [7, 11) is 1.44. The Kier molecular flexibility index (Phi) is 6.35. The molecule has 0 saturated carbocycles. The number of alkyl halides is 1. The van der Waals surface area contributed by atoms with Crippen LogP contribution in [-0.2, 0) is 11.3 Å². The molecule has 0 saturated heterocycles. The quantitative estimate of drug-likeness (QED) is 0.766. The topological polar surface area (TPSA) is 66.0 Å². The molecule has 0 aliphatic heterocycles. The largest absolute Gasteiger partial charge is 0.382 e. The Balaban J connectivity index is 0.00000169. The van der Waals surface area contributed by atoms with Crippen LogP contribution in [0.25, 0.3) is 0 Å². The molecular weight excluding hydrogens is 211 g/mol. The molecule has 0 spiro atoms. The highest BCUT2D eigenvalue weighted by Gasteiger charge is 2.17. The van der Waals surface area contributed by atoms with Gasteiger partial charge in [0.05, 0.1) is 31.6 Å². The van der Waals surface area contributed by atoms with Gasteiger partial charge in [-0.25, -0.2) is 4.39 Å². The van der Waals surface area contributed by atoms with Crippen LogP contribution in [0.15, 0.2) is 12.4 Å². The van der Waals surface area contributed by atoms with Gasteiger partial charge in [0, 0.05) is 7.11 Å². The second-order valence-electron chi connectivity index (χ2n) is 2.72. The summed E-state index contributed by atoms with van der Waals surface area (Å²) in [6.07, 6.45) is 1.86. The van der Waals surface area contributed by atoms with Gasteiger partial charge in [0.1, 0.15) is 6.17 Å². The van der Waals surface area contributed by atoms with E-state index in [4.69, 9.17) is 5.73 Å². The number of rotatable bonds is 5. The third kappa shape index (κ3) is 3.99. The third-order valence-corrected chi connectivity index (χ3v) is 1.63. The Morgan fingerprint density at radius 3 is 2.57 bits per heavy atom. The number of aromatic nitrogens is 3. The van der Waals surface area contributed by atoms with E-state index in [0.717, 1.165) is 0 Å². The van der Waals surface area contributed by atoms with Gasteiger partial charge in [-0.1, -0.05) is 0 Å². The van der Waals surface area contributed by atoms with E-state index in [1.807, 2.05) is 0 Å². The van der Waals surface area contributed by atoms with E-state index < -0.39 is 12.2 Å². The van der Waals surface area contributed by atoms with E-state index in [-0.39, 0.29) is 25.6 Å². The van der Waals surface area contributed by atoms with Crippen LogP contribution >= 0.6 is 12.4 Å². The fourth-order valence-electron chi connectivity index (χ4n) is 0.923. The molecule has 2 N–H and O–H groups in total. The number of hydrogen-bond donors (Lipinski definition) is 1. The Morgan fingerprint density at radius 1 is 1.50 bits per heavy atom. The number of nitrogens with two attached hydrogens (primary N) is 1. The highest BCUT2D eigenvalue weighted by molar-refractivity contribution is 5.85. The van der Waals surface area contributed by atoms with Gasteiger partial charge in [0.15, 0.2) is 0 Å². The number of halogens is 2. The molecule has 7 heteroatoms. The molecule has 0 radical (unpaired) electrons. The predicted octanol–water partition coefficient (Wildman–Crippen LogP) is 0.0117. The first-order valence-corrected chi connectivity index (χ1v) is 3.96. The number of nitrogens with zero attached hydrogens (tertiary/aromatic N) is 3. The van der Waals surface area contributed by atoms with Crippen LogP contribution in [0.2, 0.25) is 0 Å². The van der Waals surface area contributed by atoms with Crippen molar-refractivity contribution in [1.82, 2.24) is 15.0 Å². The van der Waals surface area contributed by atoms with Gasteiger partial charge in [-0.15, -0.1) is 12.4 Å². The standard InChI is InChI=1S/C7H13FN4O.ClH/c1-13-5-6(8)7(9)4-12-10-2-3-11-12;/h2-3,6-7H,4-5,9H2,1H3;1H/t6-,7+;/m0./s1. The number of hydrogen-bond acceptors (Lipinski definition) is 4. The van der Waals surface area contributed by atoms with Gasteiger partial charge < -0.3 is 10.5 Å². The average molecular weight is 225 g/mol. The van der Waals surface area contributed by atoms with Crippen molar-refractivity contribution in [2.24, 2.45) is 5.73 Å². The molecule has 0 aliphatic rings. The van der Waals surface area contributed by atoms with Crippen LogP contribution in [0.4, 0.5) is 4.39 Å². The second kappa shape index (κ2) is 6.69. The first-order valence-electron chi connectivity index (χ1n) is 3.96. The zero-order valence-electron chi connectivity index (χ0n) is 7.84. The first-order chi connectivity index (χ1) is 6.24. The van der Waals surface area contributed by atoms with Crippen LogP contribution in [0.5, 0.6) is 0 Å². The molecule has 1 aromatic heterocycles. The van der Waals surface area contributed by atoms with E-state index >= 15 is 0 Å². The van der Waals surface area contributed by atoms with E-state index in [9.17, 15) is 4.39 Å². The maximum atomic E-state index is 13.1. The molecule has 0 bridgehead atoms. The molecule has 82 valence electrons. The van der Waals surface area contributed by atoms with Gasteiger partial charge in [-0.3, -0.25) is 0 Å². The third-order valence-electron chi connectivity index (χ3n) is 1.63. The lowest BCUT2D eigenvalue weighted by atomic mass is 10.2. The lowest BCUT2D eigenvalue weighted by molar-refractivity contribution is 0.102. The molecule has 1 heterocycles. The van der Waals surface area contributed by atoms with Crippen molar-refractivity contribution < 1.29 is 9.13 Å². The molecule has 5 nitrogen and oxygen atoms in total. The molecule has 14 heavy (non-hydrogen) atoms. The average Bonchev–Trinajstić information content (AvgIpc) is 2.57. The van der Waals surface area contributed by atoms with Crippen LogP contribution in [-0.4, -0.2) is 40.9 Å². The van der Waals surface area contributed by atoms with E-state index in [2.05, 4.69) is 14.9 Å². The van der Waals surface area contributed by atoms with Crippen LogP contribution < -0.4 is 5.73 Å². The molecule has 1 aromatic rings. The zero-order chi connectivity index (χ0) is 9.68. The number of ether oxygens (including phenoxy) is 1. The predicted molar refractivity (Wildman–Crippen MR) is 52.0 cm³/mol. The lowest BCUT2D eigenvalue weighted by Crippen LogP contribution is -2.39. The van der Waals surface area contributed by atoms with Gasteiger partial charge in [0.2, 0.25) is 0 Å². The SMILES string of the molecule is COC[C@H](F)[C@H](N)Cn1nccn1.Cl. The summed E-state index contributed by atoms with van der Waals surface area (Å²) < 4.78 is 17.7. The Hall–Kier alpha value is -0.720. The maximum absolute atomic E-state index is 13.1. The molecule has 0 aromatic carbocycles. The molecule has 0 unspecified atom stereocenters. The van der Waals surface area contributed by atoms with Gasteiger partial charge in [-0.2, -0.15) is 15.0 Å². The monoisotopic (exact) mass is 224 g/mol. The fraction of sp³-hybridized carbons (Fsp3) is 0.714. The van der Waals surface area contributed by atoms with Gasteiger partial charge in [-0.05, 0) is 0 Å². The minimum absolute atomic E-state index is 0. The Labute approximate surface area is 87.8 Å². The lowest BCUT2D eigenvalue weighted by Gasteiger charge is -2.14. The highest BCUT2D eigenvalue weighted by Crippen LogP contribution is 1.99. The van der Waals surface area contributed by atoms with Crippen molar-refractivity contribution >= 4 is 12.4 Å². The molecule has 0 aliphatic carbocycles. The van der Waals surface area contributed by atoms with Crippen molar-refractivity contribution in [1.29, 1.82) is 0 Å². The summed E-state index contributed by atoms with van der Waals surface area (Å²) >= 11 is 0. The van der Waals surface area contributed by atoms with E-state index in [1.54, 1.807) is 0 Å². The van der Waals surface area contributed by atoms with Crippen LogP contribution in [0.1, 0.15) is 0 Å². The molecule has 2 atom stereocenters. The molecule has 0 amide bonds. The van der Waals surface area contributed by atoms with Crippen molar-refractivity contribution in [3.05, 3.63) is 12.4 Å². The molecule has 0 fully saturated rings. The minimum atomic E-state index is -1.18. The summed E-state index contributed by atoms with van der Waals surface area (Å²) in [6, 6.07) is -0.632. The number of methoxy groups -OCH3 is 1. The van der Waals surface area contributed by atoms with Crippen LogP contribution in [0, 0.1) is 0 Å². The summed E-state index contributed by atoms with van der Waals surface area (Å²) in [5.41, 5.74) is 5.54. The van der Waals surface area contributed by atoms with E-state index in [0.29, 0.717) is 0 Å². The molecular formula is C7H14ClFN4O. The smallest absolute Gasteiger partial charge is 0.140 e. The van der Waals surface area contributed by atoms with Crippen molar-refractivity contribution in [3.63, 3.8) is 0 Å². The van der Waals surface area contributed by atoms with E-state index in [1.165, 1.54) is 24.3 Å². The second-order valence-corrected chi connectivity index (χ2v) is 2.72. The fourth-order valence-corrected chi connectivity index (χ4v) is 0.923. The summed E-state index contributed by atoms with van der Waals surface area (Å²) in [4.78, 5) is 1.35. The normalized spacial score (nSPS) is 14.5. The first kappa shape index (κ1) is 13.3. The maximum Gasteiger partial charge on any atom is 0.140 e.